The van der Waals surface area contributed by atoms with Gasteiger partial charge in [0.1, 0.15) is 0 Å². The average Bonchev–Trinajstić information content (AvgIpc) is 2.80. The van der Waals surface area contributed by atoms with Gasteiger partial charge in [0.05, 0.1) is 10.4 Å². The van der Waals surface area contributed by atoms with Crippen LogP contribution < -0.4 is 0 Å². The fourth-order valence-corrected chi connectivity index (χ4v) is 5.52. The number of benzene rings is 2. The molecule has 0 spiro atoms. The second kappa shape index (κ2) is 8.69. The smallest absolute Gasteiger partial charge is 0.243 e. The van der Waals surface area contributed by atoms with Crippen molar-refractivity contribution in [2.75, 3.05) is 26.2 Å². The molecule has 6 heteroatoms. The third-order valence-corrected chi connectivity index (χ3v) is 8.51. The summed E-state index contributed by atoms with van der Waals surface area (Å²) in [4.78, 5) is 7.23. The maximum Gasteiger partial charge on any atom is 0.243 e. The average molecular weight is 438 g/mol. The van der Waals surface area contributed by atoms with Crippen LogP contribution in [0.4, 0.5) is 0 Å². The number of para-hydroxylation sites is 1. The van der Waals surface area contributed by atoms with Gasteiger partial charge in [-0.3, -0.25) is 9.88 Å². The number of pyridine rings is 1. The Morgan fingerprint density at radius 2 is 1.61 bits per heavy atom. The van der Waals surface area contributed by atoms with Crippen LogP contribution in [0, 0.1) is 0 Å². The first-order valence-corrected chi connectivity index (χ1v) is 12.4. The Balaban J connectivity index is 1.43. The summed E-state index contributed by atoms with van der Waals surface area (Å²) in [5, 5.41) is 1.14. The molecule has 0 aliphatic carbocycles. The molecule has 5 nitrogen and oxygen atoms in total. The summed E-state index contributed by atoms with van der Waals surface area (Å²) in [7, 11) is -3.47. The number of piperazine rings is 1. The summed E-state index contributed by atoms with van der Waals surface area (Å²) < 4.78 is 27.9. The van der Waals surface area contributed by atoms with E-state index in [4.69, 9.17) is 0 Å². The van der Waals surface area contributed by atoms with Crippen LogP contribution in [-0.2, 0) is 22.0 Å². The molecule has 1 saturated heterocycles. The Kier molecular flexibility index (Phi) is 6.15. The lowest BCUT2D eigenvalue weighted by molar-refractivity contribution is 0.182. The van der Waals surface area contributed by atoms with E-state index in [0.717, 1.165) is 23.9 Å². The van der Waals surface area contributed by atoms with Gasteiger partial charge < -0.3 is 0 Å². The number of fused-ring (bicyclic) bond motifs is 1. The molecule has 0 radical (unpaired) electrons. The quantitative estimate of drug-likeness (QED) is 0.573. The van der Waals surface area contributed by atoms with E-state index in [1.807, 2.05) is 24.4 Å². The molecule has 3 aromatic rings. The molecule has 1 aliphatic rings. The van der Waals surface area contributed by atoms with Gasteiger partial charge in [0.25, 0.3) is 0 Å². The molecule has 0 bridgehead atoms. The Hall–Kier alpha value is -2.28. The highest BCUT2D eigenvalue weighted by Gasteiger charge is 2.29. The maximum absolute atomic E-state index is 13.2. The van der Waals surface area contributed by atoms with Gasteiger partial charge in [0.15, 0.2) is 0 Å². The minimum Gasteiger partial charge on any atom is -0.296 e. The molecule has 1 fully saturated rings. The van der Waals surface area contributed by atoms with Crippen LogP contribution in [-0.4, -0.2) is 48.8 Å². The number of nitrogens with zero attached hydrogens (tertiary/aromatic N) is 3. The topological polar surface area (TPSA) is 53.5 Å². The standard InChI is InChI=1S/C25H31N3O2S/c1-4-25(2,3)22-10-12-23(13-11-22)31(29,30)28-17-15-27(16-18-28)19-21-8-5-7-20-9-6-14-26-24(20)21/h5-14H,4,15-19H2,1-3H3. The lowest BCUT2D eigenvalue weighted by Crippen LogP contribution is -2.48. The number of sulfonamides is 1. The molecule has 0 unspecified atom stereocenters. The van der Waals surface area contributed by atoms with Crippen molar-refractivity contribution in [3.63, 3.8) is 0 Å². The van der Waals surface area contributed by atoms with Crippen molar-refractivity contribution in [3.05, 3.63) is 71.9 Å². The van der Waals surface area contributed by atoms with Crippen LogP contribution in [0.2, 0.25) is 0 Å². The number of aromatic nitrogens is 1. The first kappa shape index (κ1) is 21.9. The highest BCUT2D eigenvalue weighted by Crippen LogP contribution is 2.28. The lowest BCUT2D eigenvalue weighted by atomic mass is 9.82. The lowest BCUT2D eigenvalue weighted by Gasteiger charge is -2.34. The summed E-state index contributed by atoms with van der Waals surface area (Å²) in [6.45, 7) is 9.72. The highest BCUT2D eigenvalue weighted by atomic mass is 32.2. The number of hydrogen-bond donors (Lipinski definition) is 0. The molecule has 31 heavy (non-hydrogen) atoms. The van der Waals surface area contributed by atoms with E-state index in [1.54, 1.807) is 16.4 Å². The van der Waals surface area contributed by atoms with E-state index in [0.29, 0.717) is 31.1 Å². The summed E-state index contributed by atoms with van der Waals surface area (Å²) in [5.41, 5.74) is 3.42. The first-order chi connectivity index (χ1) is 14.8. The van der Waals surface area contributed by atoms with Gasteiger partial charge in [0.2, 0.25) is 10.0 Å². The second-order valence-corrected chi connectivity index (χ2v) is 10.9. The SMILES string of the molecule is CCC(C)(C)c1ccc(S(=O)(=O)N2CCN(Cc3cccc4cccnc34)CC2)cc1. The molecule has 4 rings (SSSR count). The van der Waals surface area contributed by atoms with E-state index in [9.17, 15) is 8.42 Å². The van der Waals surface area contributed by atoms with Crippen LogP contribution in [0.3, 0.4) is 0 Å². The molecule has 2 aromatic carbocycles. The molecule has 0 saturated carbocycles. The van der Waals surface area contributed by atoms with Crippen molar-refractivity contribution in [1.82, 2.24) is 14.2 Å². The number of hydrogen-bond acceptors (Lipinski definition) is 4. The van der Waals surface area contributed by atoms with Crippen LogP contribution >= 0.6 is 0 Å². The monoisotopic (exact) mass is 437 g/mol. The molecule has 2 heterocycles. The normalized spacial score (nSPS) is 16.6. The Bertz CT molecular complexity index is 1140. The van der Waals surface area contributed by atoms with E-state index in [2.05, 4.69) is 54.9 Å². The van der Waals surface area contributed by atoms with Crippen molar-refractivity contribution in [3.8, 4) is 0 Å². The third-order valence-electron chi connectivity index (χ3n) is 6.60. The Labute approximate surface area is 185 Å². The van der Waals surface area contributed by atoms with E-state index in [1.165, 1.54) is 11.1 Å². The third kappa shape index (κ3) is 4.52. The Morgan fingerprint density at radius 1 is 0.935 bits per heavy atom. The van der Waals surface area contributed by atoms with Crippen molar-refractivity contribution >= 4 is 20.9 Å². The van der Waals surface area contributed by atoms with Gasteiger partial charge in [-0.25, -0.2) is 8.42 Å². The zero-order valence-electron chi connectivity index (χ0n) is 18.6. The van der Waals surface area contributed by atoms with Gasteiger partial charge in [-0.1, -0.05) is 57.2 Å². The minimum absolute atomic E-state index is 0.0460. The summed E-state index contributed by atoms with van der Waals surface area (Å²) in [6, 6.07) is 17.7. The van der Waals surface area contributed by atoms with Crippen molar-refractivity contribution in [2.45, 2.75) is 44.0 Å². The number of rotatable bonds is 6. The van der Waals surface area contributed by atoms with Crippen molar-refractivity contribution in [2.24, 2.45) is 0 Å². The summed E-state index contributed by atoms with van der Waals surface area (Å²) in [5.74, 6) is 0. The highest BCUT2D eigenvalue weighted by molar-refractivity contribution is 7.89. The maximum atomic E-state index is 13.2. The Morgan fingerprint density at radius 3 is 2.29 bits per heavy atom. The van der Waals surface area contributed by atoms with Crippen molar-refractivity contribution in [1.29, 1.82) is 0 Å². The van der Waals surface area contributed by atoms with E-state index >= 15 is 0 Å². The van der Waals surface area contributed by atoms with Crippen molar-refractivity contribution < 1.29 is 8.42 Å². The first-order valence-electron chi connectivity index (χ1n) is 11.0. The molecule has 1 aliphatic heterocycles. The predicted molar refractivity (Wildman–Crippen MR) is 126 cm³/mol. The predicted octanol–water partition coefficient (Wildman–Crippen LogP) is 4.43. The van der Waals surface area contributed by atoms with Gasteiger partial charge >= 0.3 is 0 Å². The fraction of sp³-hybridized carbons (Fsp3) is 0.400. The van der Waals surface area contributed by atoms with E-state index in [-0.39, 0.29) is 5.41 Å². The minimum atomic E-state index is -3.47. The molecule has 0 amide bonds. The molecule has 0 atom stereocenters. The molecule has 0 N–H and O–H groups in total. The summed E-state index contributed by atoms with van der Waals surface area (Å²) in [6.07, 6.45) is 2.83. The van der Waals surface area contributed by atoms with Gasteiger partial charge in [-0.15, -0.1) is 0 Å². The van der Waals surface area contributed by atoms with Crippen LogP contribution in [0.25, 0.3) is 10.9 Å². The largest absolute Gasteiger partial charge is 0.296 e. The molecule has 164 valence electrons. The molecule has 1 aromatic heterocycles. The molecular formula is C25H31N3O2S. The zero-order valence-corrected chi connectivity index (χ0v) is 19.4. The van der Waals surface area contributed by atoms with Crippen LogP contribution in [0.15, 0.2) is 65.7 Å². The van der Waals surface area contributed by atoms with Crippen LogP contribution in [0.5, 0.6) is 0 Å². The van der Waals surface area contributed by atoms with Crippen LogP contribution in [0.1, 0.15) is 38.3 Å². The van der Waals surface area contributed by atoms with E-state index < -0.39 is 10.0 Å². The molecular weight excluding hydrogens is 406 g/mol. The fourth-order valence-electron chi connectivity index (χ4n) is 4.10. The van der Waals surface area contributed by atoms with Gasteiger partial charge in [-0.05, 0) is 41.2 Å². The second-order valence-electron chi connectivity index (χ2n) is 8.93. The van der Waals surface area contributed by atoms with Gasteiger partial charge in [-0.2, -0.15) is 4.31 Å². The van der Waals surface area contributed by atoms with Gasteiger partial charge in [0, 0.05) is 44.3 Å². The zero-order chi connectivity index (χ0) is 22.1. The summed E-state index contributed by atoms with van der Waals surface area (Å²) >= 11 is 0.